The molecule has 0 saturated heterocycles. The summed E-state index contributed by atoms with van der Waals surface area (Å²) in [5, 5.41) is 6.57. The molecule has 0 spiro atoms. The highest BCUT2D eigenvalue weighted by Gasteiger charge is 2.26. The number of ether oxygens (including phenoxy) is 3. The van der Waals surface area contributed by atoms with Gasteiger partial charge in [-0.2, -0.15) is 9.41 Å². The molecule has 3 aromatic carbocycles. The van der Waals surface area contributed by atoms with Crippen LogP contribution in [0.5, 0.6) is 17.2 Å². The third-order valence-corrected chi connectivity index (χ3v) is 7.57. The number of nitrogens with zero attached hydrogens (tertiary/aromatic N) is 2. The molecule has 212 valence electrons. The maximum absolute atomic E-state index is 13.5. The minimum absolute atomic E-state index is 0.0108. The Morgan fingerprint density at radius 2 is 1.55 bits per heavy atom. The first-order valence-corrected chi connectivity index (χ1v) is 13.7. The van der Waals surface area contributed by atoms with Gasteiger partial charge < -0.3 is 19.5 Å². The maximum atomic E-state index is 13.5. The van der Waals surface area contributed by atoms with E-state index in [-0.39, 0.29) is 17.3 Å². The SMILES string of the molecule is COc1cc(/C=N\NC(=O)CN(CCc2ccccc2)S(=O)(=O)c2ccc(NC(C)=O)cc2)cc(OC)c1OC. The van der Waals surface area contributed by atoms with Crippen LogP contribution in [0, 0.1) is 0 Å². The Morgan fingerprint density at radius 3 is 2.10 bits per heavy atom. The van der Waals surface area contributed by atoms with Gasteiger partial charge in [0.2, 0.25) is 21.7 Å². The second-order valence-corrected chi connectivity index (χ2v) is 10.5. The molecule has 0 saturated carbocycles. The van der Waals surface area contributed by atoms with Gasteiger partial charge in [-0.3, -0.25) is 9.59 Å². The number of anilines is 1. The standard InChI is InChI=1S/C28H32N4O7S/c1-20(33)30-23-10-12-24(13-11-23)40(35,36)32(15-14-21-8-6-5-7-9-21)19-27(34)31-29-18-22-16-25(37-2)28(39-4)26(17-22)38-3/h5-13,16-18H,14-15,19H2,1-4H3,(H,30,33)(H,31,34)/b29-18-. The Morgan fingerprint density at radius 1 is 0.925 bits per heavy atom. The molecule has 0 bridgehead atoms. The van der Waals surface area contributed by atoms with Gasteiger partial charge in [0.1, 0.15) is 0 Å². The molecule has 0 fully saturated rings. The van der Waals surface area contributed by atoms with Gasteiger partial charge in [0.15, 0.2) is 11.5 Å². The average molecular weight is 569 g/mol. The molecule has 0 unspecified atom stereocenters. The Bertz CT molecular complexity index is 1420. The molecular weight excluding hydrogens is 536 g/mol. The fourth-order valence-corrected chi connectivity index (χ4v) is 5.19. The number of methoxy groups -OCH3 is 3. The van der Waals surface area contributed by atoms with Crippen molar-refractivity contribution in [2.75, 3.05) is 39.7 Å². The highest BCUT2D eigenvalue weighted by Crippen LogP contribution is 2.37. The van der Waals surface area contributed by atoms with Gasteiger partial charge in [0.25, 0.3) is 5.91 Å². The van der Waals surface area contributed by atoms with Crippen molar-refractivity contribution >= 4 is 33.7 Å². The smallest absolute Gasteiger partial charge is 0.255 e. The van der Waals surface area contributed by atoms with Crippen molar-refractivity contribution in [1.82, 2.24) is 9.73 Å². The molecule has 3 rings (SSSR count). The maximum Gasteiger partial charge on any atom is 0.255 e. The van der Waals surface area contributed by atoms with Crippen molar-refractivity contribution in [2.24, 2.45) is 5.10 Å². The quantitative estimate of drug-likeness (QED) is 0.239. The van der Waals surface area contributed by atoms with Gasteiger partial charge in [-0.25, -0.2) is 13.8 Å². The van der Waals surface area contributed by atoms with Gasteiger partial charge in [0.05, 0.1) is 39.0 Å². The van der Waals surface area contributed by atoms with Gasteiger partial charge >= 0.3 is 0 Å². The van der Waals surface area contributed by atoms with Crippen molar-refractivity contribution in [3.63, 3.8) is 0 Å². The van der Waals surface area contributed by atoms with E-state index in [2.05, 4.69) is 15.8 Å². The largest absolute Gasteiger partial charge is 0.493 e. The first kappa shape index (κ1) is 30.1. The lowest BCUT2D eigenvalue weighted by Gasteiger charge is -2.21. The second-order valence-electron chi connectivity index (χ2n) is 8.53. The van der Waals surface area contributed by atoms with Gasteiger partial charge in [-0.15, -0.1) is 0 Å². The number of hydrogen-bond donors (Lipinski definition) is 2. The van der Waals surface area contributed by atoms with E-state index in [0.29, 0.717) is 34.9 Å². The number of nitrogens with one attached hydrogen (secondary N) is 2. The fraction of sp³-hybridized carbons (Fsp3) is 0.250. The van der Waals surface area contributed by atoms with Crippen LogP contribution in [0.2, 0.25) is 0 Å². The number of carbonyl (C=O) groups is 2. The molecular formula is C28H32N4O7S. The normalized spacial score (nSPS) is 11.3. The van der Waals surface area contributed by atoms with Crippen LogP contribution in [0.4, 0.5) is 5.69 Å². The minimum Gasteiger partial charge on any atom is -0.493 e. The molecule has 0 radical (unpaired) electrons. The van der Waals surface area contributed by atoms with E-state index in [4.69, 9.17) is 14.2 Å². The predicted molar refractivity (Wildman–Crippen MR) is 151 cm³/mol. The summed E-state index contributed by atoms with van der Waals surface area (Å²) in [6, 6.07) is 18.4. The van der Waals surface area contributed by atoms with Crippen molar-refractivity contribution in [1.29, 1.82) is 0 Å². The first-order valence-electron chi connectivity index (χ1n) is 12.2. The summed E-state index contributed by atoms with van der Waals surface area (Å²) >= 11 is 0. The Balaban J connectivity index is 1.78. The summed E-state index contributed by atoms with van der Waals surface area (Å²) in [4.78, 5) is 24.1. The third-order valence-electron chi connectivity index (χ3n) is 5.72. The molecule has 0 aromatic heterocycles. The number of rotatable bonds is 13. The fourth-order valence-electron chi connectivity index (χ4n) is 3.80. The van der Waals surface area contributed by atoms with E-state index >= 15 is 0 Å². The lowest BCUT2D eigenvalue weighted by atomic mass is 10.1. The number of sulfonamides is 1. The van der Waals surface area contributed by atoms with Crippen LogP contribution in [0.15, 0.2) is 76.7 Å². The van der Waals surface area contributed by atoms with Crippen LogP contribution >= 0.6 is 0 Å². The van der Waals surface area contributed by atoms with Crippen LogP contribution in [0.3, 0.4) is 0 Å². The number of benzene rings is 3. The topological polar surface area (TPSA) is 136 Å². The van der Waals surface area contributed by atoms with Crippen LogP contribution in [0.25, 0.3) is 0 Å². The van der Waals surface area contributed by atoms with Crippen LogP contribution in [-0.2, 0) is 26.0 Å². The zero-order valence-corrected chi connectivity index (χ0v) is 23.5. The molecule has 2 amide bonds. The van der Waals surface area contributed by atoms with E-state index < -0.39 is 22.5 Å². The monoisotopic (exact) mass is 568 g/mol. The summed E-state index contributed by atoms with van der Waals surface area (Å²) in [5.41, 5.74) is 4.32. The van der Waals surface area contributed by atoms with E-state index in [9.17, 15) is 18.0 Å². The number of hydrogen-bond acceptors (Lipinski definition) is 8. The average Bonchev–Trinajstić information content (AvgIpc) is 2.95. The molecule has 0 heterocycles. The summed E-state index contributed by atoms with van der Waals surface area (Å²) < 4.78 is 44.0. The molecule has 0 aliphatic heterocycles. The van der Waals surface area contributed by atoms with Gasteiger partial charge in [-0.05, 0) is 48.4 Å². The van der Waals surface area contributed by atoms with E-state index in [1.165, 1.54) is 58.7 Å². The molecule has 12 heteroatoms. The lowest BCUT2D eigenvalue weighted by Crippen LogP contribution is -2.40. The van der Waals surface area contributed by atoms with Crippen molar-refractivity contribution in [2.45, 2.75) is 18.2 Å². The molecule has 0 atom stereocenters. The third kappa shape index (κ3) is 8.04. The zero-order chi connectivity index (χ0) is 29.1. The molecule has 2 N–H and O–H groups in total. The summed E-state index contributed by atoms with van der Waals surface area (Å²) in [5.74, 6) is 0.337. The molecule has 0 aliphatic rings. The number of amides is 2. The second kappa shape index (κ2) is 14.1. The van der Waals surface area contributed by atoms with E-state index in [1.807, 2.05) is 30.3 Å². The number of carbonyl (C=O) groups excluding carboxylic acids is 2. The van der Waals surface area contributed by atoms with Crippen molar-refractivity contribution in [3.8, 4) is 17.2 Å². The van der Waals surface area contributed by atoms with E-state index in [0.717, 1.165) is 9.87 Å². The molecule has 3 aromatic rings. The summed E-state index contributed by atoms with van der Waals surface area (Å²) in [6.07, 6.45) is 1.78. The first-order chi connectivity index (χ1) is 19.2. The lowest BCUT2D eigenvalue weighted by molar-refractivity contribution is -0.121. The Hall–Kier alpha value is -4.42. The predicted octanol–water partition coefficient (Wildman–Crippen LogP) is 3.05. The van der Waals surface area contributed by atoms with Gasteiger partial charge in [-0.1, -0.05) is 30.3 Å². The molecule has 40 heavy (non-hydrogen) atoms. The van der Waals surface area contributed by atoms with E-state index in [1.54, 1.807) is 12.1 Å². The van der Waals surface area contributed by atoms with Crippen LogP contribution in [-0.4, -0.2) is 65.2 Å². The summed E-state index contributed by atoms with van der Waals surface area (Å²) in [6.45, 7) is 0.956. The Kier molecular flexibility index (Phi) is 10.6. The van der Waals surface area contributed by atoms with Crippen LogP contribution in [0.1, 0.15) is 18.1 Å². The Labute approximate surface area is 233 Å². The van der Waals surface area contributed by atoms with Crippen molar-refractivity contribution in [3.05, 3.63) is 77.9 Å². The zero-order valence-electron chi connectivity index (χ0n) is 22.7. The molecule has 11 nitrogen and oxygen atoms in total. The van der Waals surface area contributed by atoms with Gasteiger partial charge in [0, 0.05) is 24.7 Å². The minimum atomic E-state index is -4.05. The number of hydrazone groups is 1. The van der Waals surface area contributed by atoms with Crippen LogP contribution < -0.4 is 25.0 Å². The van der Waals surface area contributed by atoms with Crippen molar-refractivity contribution < 1.29 is 32.2 Å². The highest BCUT2D eigenvalue weighted by atomic mass is 32.2. The summed E-state index contributed by atoms with van der Waals surface area (Å²) in [7, 11) is 0.404. The molecule has 0 aliphatic carbocycles. The highest BCUT2D eigenvalue weighted by molar-refractivity contribution is 7.89.